The van der Waals surface area contributed by atoms with Gasteiger partial charge in [0.25, 0.3) is 0 Å². The Hall–Kier alpha value is -3.98. The zero-order valence-electron chi connectivity index (χ0n) is 17.8. The van der Waals surface area contributed by atoms with Gasteiger partial charge in [0.15, 0.2) is 12.0 Å². The van der Waals surface area contributed by atoms with Crippen molar-refractivity contribution in [2.75, 3.05) is 12.4 Å². The van der Waals surface area contributed by atoms with Crippen molar-refractivity contribution in [3.8, 4) is 5.75 Å². The lowest BCUT2D eigenvalue weighted by Crippen LogP contribution is -2.15. The number of ether oxygens (including phenoxy) is 1. The summed E-state index contributed by atoms with van der Waals surface area (Å²) in [6.07, 6.45) is 3.87. The van der Waals surface area contributed by atoms with Gasteiger partial charge >= 0.3 is 5.97 Å². The number of amides is 1. The molecule has 34 heavy (non-hydrogen) atoms. The number of nitrogens with one attached hydrogen (secondary N) is 1. The summed E-state index contributed by atoms with van der Waals surface area (Å²) < 4.78 is 25.2. The molecule has 0 aliphatic rings. The maximum Gasteiger partial charge on any atom is 0.315 e. The van der Waals surface area contributed by atoms with Gasteiger partial charge in [-0.15, -0.1) is 0 Å². The maximum absolute atomic E-state index is 13.9. The second-order valence-electron chi connectivity index (χ2n) is 7.30. The molecular formula is C25H18BrFN2O5. The molecule has 0 saturated carbocycles. The Bertz CT molecular complexity index is 1420. The average molecular weight is 525 g/mol. The van der Waals surface area contributed by atoms with Crippen molar-refractivity contribution in [1.82, 2.24) is 4.98 Å². The van der Waals surface area contributed by atoms with Gasteiger partial charge in [-0.3, -0.25) is 9.59 Å². The van der Waals surface area contributed by atoms with E-state index in [2.05, 4.69) is 26.2 Å². The number of halogens is 2. The number of benzene rings is 3. The molecule has 172 valence electrons. The van der Waals surface area contributed by atoms with Crippen LogP contribution >= 0.6 is 15.9 Å². The number of aliphatic carboxylic acids is 1. The Labute approximate surface area is 202 Å². The standard InChI is InChI=1S/C25H18BrFN2O5/c1-33-22-12-17(29-23(30)9-4-14-2-5-16(26)11-19(14)27)6-7-18(22)24(25(31)32)15-3-8-21-20(10-15)28-13-34-21/h2-13,24H,1H3,(H,29,30)(H,31,32). The Kier molecular flexibility index (Phi) is 6.74. The summed E-state index contributed by atoms with van der Waals surface area (Å²) in [5, 5.41) is 12.6. The molecule has 4 aromatic rings. The molecule has 0 aliphatic heterocycles. The van der Waals surface area contributed by atoms with Gasteiger partial charge in [-0.05, 0) is 42.0 Å². The number of carbonyl (C=O) groups excluding carboxylic acids is 1. The molecule has 4 rings (SSSR count). The molecule has 7 nitrogen and oxygen atoms in total. The summed E-state index contributed by atoms with van der Waals surface area (Å²) in [4.78, 5) is 28.6. The van der Waals surface area contributed by atoms with Gasteiger partial charge in [0.05, 0.1) is 7.11 Å². The van der Waals surface area contributed by atoms with Crippen LogP contribution in [0.1, 0.15) is 22.6 Å². The molecule has 1 aromatic heterocycles. The van der Waals surface area contributed by atoms with Crippen molar-refractivity contribution in [1.29, 1.82) is 0 Å². The third-order valence-corrected chi connectivity index (χ3v) is 5.62. The quantitative estimate of drug-likeness (QED) is 0.305. The van der Waals surface area contributed by atoms with Gasteiger partial charge in [-0.1, -0.05) is 34.1 Å². The number of fused-ring (bicyclic) bond motifs is 1. The van der Waals surface area contributed by atoms with E-state index in [1.807, 2.05) is 0 Å². The van der Waals surface area contributed by atoms with Gasteiger partial charge in [-0.2, -0.15) is 0 Å². The molecule has 1 unspecified atom stereocenters. The van der Waals surface area contributed by atoms with Crippen LogP contribution in [0.15, 0.2) is 76.0 Å². The first-order valence-electron chi connectivity index (χ1n) is 10.0. The number of rotatable bonds is 7. The highest BCUT2D eigenvalue weighted by molar-refractivity contribution is 9.10. The van der Waals surface area contributed by atoms with E-state index in [0.29, 0.717) is 32.4 Å². The molecule has 0 spiro atoms. The van der Waals surface area contributed by atoms with Crippen molar-refractivity contribution in [2.24, 2.45) is 0 Å². The summed E-state index contributed by atoms with van der Waals surface area (Å²) in [6, 6.07) is 14.2. The Morgan fingerprint density at radius 1 is 1.18 bits per heavy atom. The van der Waals surface area contributed by atoms with E-state index in [9.17, 15) is 19.1 Å². The van der Waals surface area contributed by atoms with E-state index >= 15 is 0 Å². The number of oxazole rings is 1. The van der Waals surface area contributed by atoms with Gasteiger partial charge in [0, 0.05) is 33.4 Å². The van der Waals surface area contributed by atoms with Gasteiger partial charge < -0.3 is 19.6 Å². The zero-order chi connectivity index (χ0) is 24.2. The minimum Gasteiger partial charge on any atom is -0.496 e. The predicted molar refractivity (Wildman–Crippen MR) is 128 cm³/mol. The van der Waals surface area contributed by atoms with E-state index in [-0.39, 0.29) is 11.3 Å². The van der Waals surface area contributed by atoms with E-state index in [0.717, 1.165) is 0 Å². The number of carboxylic acids is 1. The molecule has 0 saturated heterocycles. The highest BCUT2D eigenvalue weighted by atomic mass is 79.9. The maximum atomic E-state index is 13.9. The molecule has 1 amide bonds. The Morgan fingerprint density at radius 2 is 2.00 bits per heavy atom. The van der Waals surface area contributed by atoms with Gasteiger partial charge in [0.2, 0.25) is 5.91 Å². The number of anilines is 1. The molecule has 0 aliphatic carbocycles. The lowest BCUT2D eigenvalue weighted by molar-refractivity contribution is -0.137. The third-order valence-electron chi connectivity index (χ3n) is 5.12. The second kappa shape index (κ2) is 9.88. The van der Waals surface area contributed by atoms with Crippen LogP contribution in [0.2, 0.25) is 0 Å². The Balaban J connectivity index is 1.58. The zero-order valence-corrected chi connectivity index (χ0v) is 19.4. The first kappa shape index (κ1) is 23.2. The second-order valence-corrected chi connectivity index (χ2v) is 8.21. The molecule has 1 heterocycles. The minimum absolute atomic E-state index is 0.264. The van der Waals surface area contributed by atoms with E-state index in [1.54, 1.807) is 42.5 Å². The summed E-state index contributed by atoms with van der Waals surface area (Å²) in [5.74, 6) is -2.76. The van der Waals surface area contributed by atoms with Crippen molar-refractivity contribution in [3.05, 3.63) is 94.0 Å². The topological polar surface area (TPSA) is 102 Å². The summed E-state index contributed by atoms with van der Waals surface area (Å²) in [7, 11) is 1.42. The lowest BCUT2D eigenvalue weighted by atomic mass is 9.90. The molecule has 0 radical (unpaired) electrons. The number of carbonyl (C=O) groups is 2. The smallest absolute Gasteiger partial charge is 0.315 e. The number of methoxy groups -OCH3 is 1. The first-order valence-corrected chi connectivity index (χ1v) is 10.8. The highest BCUT2D eigenvalue weighted by Crippen LogP contribution is 2.35. The van der Waals surface area contributed by atoms with Gasteiger partial charge in [0.1, 0.15) is 23.0 Å². The fourth-order valence-electron chi connectivity index (χ4n) is 3.52. The number of nitrogens with zero attached hydrogens (tertiary/aromatic N) is 1. The SMILES string of the molecule is COc1cc(NC(=O)C=Cc2ccc(Br)cc2F)ccc1C(C(=O)O)c1ccc2ocnc2c1. The molecular weight excluding hydrogens is 507 g/mol. The van der Waals surface area contributed by atoms with Crippen LogP contribution in [0.4, 0.5) is 10.1 Å². The highest BCUT2D eigenvalue weighted by Gasteiger charge is 2.26. The molecule has 0 bridgehead atoms. The minimum atomic E-state index is -1.07. The number of carboxylic acid groups (broad SMARTS) is 1. The number of hydrogen-bond donors (Lipinski definition) is 2. The van der Waals surface area contributed by atoms with Crippen LogP contribution in [0.25, 0.3) is 17.2 Å². The fraction of sp³-hybridized carbons (Fsp3) is 0.0800. The molecule has 3 aromatic carbocycles. The fourth-order valence-corrected chi connectivity index (χ4v) is 3.86. The van der Waals surface area contributed by atoms with Crippen LogP contribution in [0.5, 0.6) is 5.75 Å². The molecule has 0 fully saturated rings. The molecule has 9 heteroatoms. The van der Waals surface area contributed by atoms with Crippen LogP contribution in [-0.4, -0.2) is 29.1 Å². The Morgan fingerprint density at radius 3 is 2.74 bits per heavy atom. The van der Waals surface area contributed by atoms with Crippen LogP contribution in [0.3, 0.4) is 0 Å². The van der Waals surface area contributed by atoms with Crippen LogP contribution in [-0.2, 0) is 9.59 Å². The lowest BCUT2D eigenvalue weighted by Gasteiger charge is -2.18. The summed E-state index contributed by atoms with van der Waals surface area (Å²) >= 11 is 3.18. The van der Waals surface area contributed by atoms with Gasteiger partial charge in [-0.25, -0.2) is 9.37 Å². The first-order chi connectivity index (χ1) is 16.4. The normalized spacial score (nSPS) is 12.1. The number of hydrogen-bond acceptors (Lipinski definition) is 5. The van der Waals surface area contributed by atoms with E-state index in [1.165, 1.54) is 37.8 Å². The van der Waals surface area contributed by atoms with E-state index in [4.69, 9.17) is 9.15 Å². The molecule has 2 N–H and O–H groups in total. The van der Waals surface area contributed by atoms with Crippen LogP contribution in [0, 0.1) is 5.82 Å². The van der Waals surface area contributed by atoms with Crippen molar-refractivity contribution in [2.45, 2.75) is 5.92 Å². The predicted octanol–water partition coefficient (Wildman–Crippen LogP) is 5.61. The largest absolute Gasteiger partial charge is 0.496 e. The third kappa shape index (κ3) is 4.99. The average Bonchev–Trinajstić information content (AvgIpc) is 3.27. The number of aromatic nitrogens is 1. The summed E-state index contributed by atoms with van der Waals surface area (Å²) in [5.41, 5.74) is 2.66. The summed E-state index contributed by atoms with van der Waals surface area (Å²) in [6.45, 7) is 0. The van der Waals surface area contributed by atoms with Crippen LogP contribution < -0.4 is 10.1 Å². The molecule has 1 atom stereocenters. The van der Waals surface area contributed by atoms with E-state index < -0.39 is 23.6 Å². The van der Waals surface area contributed by atoms with Crippen molar-refractivity contribution < 1.29 is 28.2 Å². The van der Waals surface area contributed by atoms with Crippen molar-refractivity contribution in [3.63, 3.8) is 0 Å². The monoisotopic (exact) mass is 524 g/mol. The van der Waals surface area contributed by atoms with Crippen molar-refractivity contribution >= 4 is 50.7 Å².